The summed E-state index contributed by atoms with van der Waals surface area (Å²) in [5.41, 5.74) is 8.04. The van der Waals surface area contributed by atoms with Gasteiger partial charge in [-0.3, -0.25) is 0 Å². The molecule has 2 aromatic rings. The molecule has 0 radical (unpaired) electrons. The van der Waals surface area contributed by atoms with Gasteiger partial charge in [0.15, 0.2) is 5.15 Å². The van der Waals surface area contributed by atoms with E-state index in [1.807, 2.05) is 6.07 Å². The molecule has 1 aromatic heterocycles. The third-order valence-corrected chi connectivity index (χ3v) is 4.55. The standard InChI is InChI=1S/C15H11Cl3N4/c16-11-3-8(20)4-12(17)14(11)10(6-19)13-5-9(7-1-2-7)15(18)22-21-13/h3-5,7,10H,1-2,20H2. The Hall–Kier alpha value is -1.54. The number of nitrogens with two attached hydrogens (primary N) is 1. The first-order valence-electron chi connectivity index (χ1n) is 6.68. The van der Waals surface area contributed by atoms with Crippen molar-refractivity contribution in [2.45, 2.75) is 24.7 Å². The number of benzene rings is 1. The Kier molecular flexibility index (Phi) is 4.14. The van der Waals surface area contributed by atoms with Crippen LogP contribution in [0.3, 0.4) is 0 Å². The molecule has 1 fully saturated rings. The minimum Gasteiger partial charge on any atom is -0.399 e. The molecule has 1 unspecified atom stereocenters. The largest absolute Gasteiger partial charge is 0.399 e. The van der Waals surface area contributed by atoms with Crippen LogP contribution in [0, 0.1) is 11.3 Å². The van der Waals surface area contributed by atoms with Gasteiger partial charge < -0.3 is 5.73 Å². The van der Waals surface area contributed by atoms with Crippen molar-refractivity contribution in [3.05, 3.63) is 50.2 Å². The van der Waals surface area contributed by atoms with Crippen LogP contribution in [-0.2, 0) is 0 Å². The maximum Gasteiger partial charge on any atom is 0.155 e. The van der Waals surface area contributed by atoms with Crippen LogP contribution in [0.25, 0.3) is 0 Å². The van der Waals surface area contributed by atoms with Crippen molar-refractivity contribution in [2.24, 2.45) is 0 Å². The number of aromatic nitrogens is 2. The summed E-state index contributed by atoms with van der Waals surface area (Å²) in [6.45, 7) is 0. The maximum atomic E-state index is 9.57. The van der Waals surface area contributed by atoms with Crippen molar-refractivity contribution in [3.8, 4) is 6.07 Å². The topological polar surface area (TPSA) is 75.6 Å². The van der Waals surface area contributed by atoms with E-state index in [0.29, 0.717) is 38.1 Å². The summed E-state index contributed by atoms with van der Waals surface area (Å²) in [4.78, 5) is 0. The van der Waals surface area contributed by atoms with Gasteiger partial charge >= 0.3 is 0 Å². The summed E-state index contributed by atoms with van der Waals surface area (Å²) < 4.78 is 0. The van der Waals surface area contributed by atoms with Crippen molar-refractivity contribution in [1.29, 1.82) is 5.26 Å². The van der Waals surface area contributed by atoms with Crippen LogP contribution in [0.4, 0.5) is 5.69 Å². The third kappa shape index (κ3) is 2.85. The molecular formula is C15H11Cl3N4. The lowest BCUT2D eigenvalue weighted by atomic mass is 9.95. The molecule has 1 heterocycles. The first kappa shape index (κ1) is 15.4. The normalized spacial score (nSPS) is 15.4. The fraction of sp³-hybridized carbons (Fsp3) is 0.267. The number of nitriles is 1. The smallest absolute Gasteiger partial charge is 0.155 e. The minimum atomic E-state index is -0.720. The van der Waals surface area contributed by atoms with Gasteiger partial charge in [-0.25, -0.2) is 0 Å². The lowest BCUT2D eigenvalue weighted by molar-refractivity contribution is 0.865. The molecule has 112 valence electrons. The van der Waals surface area contributed by atoms with E-state index in [2.05, 4.69) is 16.3 Å². The number of hydrogen-bond donors (Lipinski definition) is 1. The van der Waals surface area contributed by atoms with Gasteiger partial charge in [-0.15, -0.1) is 5.10 Å². The van der Waals surface area contributed by atoms with Gasteiger partial charge in [-0.05, 0) is 42.5 Å². The summed E-state index contributed by atoms with van der Waals surface area (Å²) in [6.07, 6.45) is 2.15. The molecule has 0 spiro atoms. The summed E-state index contributed by atoms with van der Waals surface area (Å²) in [6, 6.07) is 7.15. The molecule has 0 aliphatic heterocycles. The Morgan fingerprint density at radius 2 is 1.77 bits per heavy atom. The van der Waals surface area contributed by atoms with Crippen LogP contribution in [0.1, 0.15) is 41.5 Å². The molecule has 1 atom stereocenters. The van der Waals surface area contributed by atoms with Gasteiger partial charge in [0.05, 0.1) is 11.8 Å². The zero-order chi connectivity index (χ0) is 15.9. The van der Waals surface area contributed by atoms with Crippen LogP contribution >= 0.6 is 34.8 Å². The van der Waals surface area contributed by atoms with Crippen molar-refractivity contribution >= 4 is 40.5 Å². The number of nitrogen functional groups attached to an aromatic ring is 1. The fourth-order valence-corrected chi connectivity index (χ4v) is 3.36. The second kappa shape index (κ2) is 5.92. The lowest BCUT2D eigenvalue weighted by Crippen LogP contribution is -2.06. The van der Waals surface area contributed by atoms with Gasteiger partial charge in [0.1, 0.15) is 5.92 Å². The highest BCUT2D eigenvalue weighted by molar-refractivity contribution is 6.36. The van der Waals surface area contributed by atoms with Gasteiger partial charge in [0.25, 0.3) is 0 Å². The molecule has 3 rings (SSSR count). The number of halogens is 3. The molecular weight excluding hydrogens is 343 g/mol. The quantitative estimate of drug-likeness (QED) is 0.821. The van der Waals surface area contributed by atoms with E-state index in [1.165, 1.54) is 0 Å². The molecule has 1 aliphatic carbocycles. The monoisotopic (exact) mass is 352 g/mol. The molecule has 1 aliphatic rings. The van der Waals surface area contributed by atoms with Gasteiger partial charge in [0, 0.05) is 21.3 Å². The average Bonchev–Trinajstić information content (AvgIpc) is 3.28. The Morgan fingerprint density at radius 1 is 1.14 bits per heavy atom. The van der Waals surface area contributed by atoms with Crippen LogP contribution in [0.15, 0.2) is 18.2 Å². The van der Waals surface area contributed by atoms with Gasteiger partial charge in [-0.2, -0.15) is 10.4 Å². The molecule has 0 amide bonds. The highest BCUT2D eigenvalue weighted by Crippen LogP contribution is 2.44. The Balaban J connectivity index is 2.09. The van der Waals surface area contributed by atoms with Crippen molar-refractivity contribution < 1.29 is 0 Å². The summed E-state index contributed by atoms with van der Waals surface area (Å²) in [7, 11) is 0. The molecule has 0 saturated heterocycles. The van der Waals surface area contributed by atoms with Crippen molar-refractivity contribution in [3.63, 3.8) is 0 Å². The molecule has 1 saturated carbocycles. The van der Waals surface area contributed by atoms with Gasteiger partial charge in [0.2, 0.25) is 0 Å². The zero-order valence-electron chi connectivity index (χ0n) is 11.4. The van der Waals surface area contributed by atoms with E-state index in [4.69, 9.17) is 40.5 Å². The second-order valence-corrected chi connectivity index (χ2v) is 6.42. The van der Waals surface area contributed by atoms with Crippen LogP contribution in [0.2, 0.25) is 15.2 Å². The number of rotatable bonds is 3. The fourth-order valence-electron chi connectivity index (χ4n) is 2.39. The molecule has 22 heavy (non-hydrogen) atoms. The van der Waals surface area contributed by atoms with E-state index < -0.39 is 5.92 Å². The van der Waals surface area contributed by atoms with E-state index in [9.17, 15) is 5.26 Å². The predicted molar refractivity (Wildman–Crippen MR) is 87.3 cm³/mol. The van der Waals surface area contributed by atoms with E-state index in [1.54, 1.807) is 12.1 Å². The maximum absolute atomic E-state index is 9.57. The lowest BCUT2D eigenvalue weighted by Gasteiger charge is -2.14. The second-order valence-electron chi connectivity index (χ2n) is 5.25. The average molecular weight is 354 g/mol. The van der Waals surface area contributed by atoms with E-state index in [-0.39, 0.29) is 0 Å². The van der Waals surface area contributed by atoms with Crippen molar-refractivity contribution in [2.75, 3.05) is 5.73 Å². The molecule has 4 nitrogen and oxygen atoms in total. The molecule has 1 aromatic carbocycles. The third-order valence-electron chi connectivity index (χ3n) is 3.63. The van der Waals surface area contributed by atoms with Crippen LogP contribution < -0.4 is 5.73 Å². The molecule has 0 bridgehead atoms. The summed E-state index contributed by atoms with van der Waals surface area (Å²) >= 11 is 18.5. The van der Waals surface area contributed by atoms with E-state index >= 15 is 0 Å². The molecule has 7 heteroatoms. The Morgan fingerprint density at radius 3 is 2.32 bits per heavy atom. The zero-order valence-corrected chi connectivity index (χ0v) is 13.6. The number of anilines is 1. The van der Waals surface area contributed by atoms with Crippen LogP contribution in [-0.4, -0.2) is 10.2 Å². The predicted octanol–water partition coefficient (Wildman–Crippen LogP) is 4.55. The minimum absolute atomic E-state index is 0.335. The Labute approximate surface area is 142 Å². The number of nitrogens with zero attached hydrogens (tertiary/aromatic N) is 3. The summed E-state index contributed by atoms with van der Waals surface area (Å²) in [5.74, 6) is -0.318. The SMILES string of the molecule is N#CC(c1cc(C2CC2)c(Cl)nn1)c1c(Cl)cc(N)cc1Cl. The number of hydrogen-bond acceptors (Lipinski definition) is 4. The van der Waals surface area contributed by atoms with Gasteiger partial charge in [-0.1, -0.05) is 34.8 Å². The van der Waals surface area contributed by atoms with E-state index in [0.717, 1.165) is 18.4 Å². The summed E-state index contributed by atoms with van der Waals surface area (Å²) in [5, 5.41) is 18.6. The van der Waals surface area contributed by atoms with Crippen LogP contribution in [0.5, 0.6) is 0 Å². The first-order valence-corrected chi connectivity index (χ1v) is 7.81. The Bertz CT molecular complexity index is 758. The first-order chi connectivity index (χ1) is 10.5. The molecule has 2 N–H and O–H groups in total. The van der Waals surface area contributed by atoms with Crippen molar-refractivity contribution in [1.82, 2.24) is 10.2 Å². The highest BCUT2D eigenvalue weighted by atomic mass is 35.5. The highest BCUT2D eigenvalue weighted by Gasteiger charge is 2.29.